The molecule has 14 heavy (non-hydrogen) atoms. The molecular weight excluding hydrogens is 208 g/mol. The number of aryl methyl sites for hydroxylation is 1. The monoisotopic (exact) mass is 215 g/mol. The second-order valence-electron chi connectivity index (χ2n) is 2.34. The minimum Gasteiger partial charge on any atom is -0.759 e. The van der Waals surface area contributed by atoms with E-state index in [1.54, 1.807) is 12.1 Å². The Morgan fingerprint density at radius 2 is 1.57 bits per heavy atom. The van der Waals surface area contributed by atoms with Gasteiger partial charge in [-0.2, -0.15) is 0 Å². The first-order valence-corrected chi connectivity index (χ1v) is 4.74. The summed E-state index contributed by atoms with van der Waals surface area (Å²) in [7, 11) is -5.17. The maximum Gasteiger partial charge on any atom is 0.385 e. The van der Waals surface area contributed by atoms with Gasteiger partial charge in [-0.25, -0.2) is 0 Å². The summed E-state index contributed by atoms with van der Waals surface area (Å²) in [6.45, 7) is 1.99. The second kappa shape index (κ2) is 5.29. The molecule has 0 radical (unpaired) electrons. The first-order valence-electron chi connectivity index (χ1n) is 3.41. The van der Waals surface area contributed by atoms with Crippen molar-refractivity contribution in [2.24, 2.45) is 0 Å². The molecule has 0 amide bonds. The van der Waals surface area contributed by atoms with Gasteiger partial charge in [0.2, 0.25) is 5.39 Å². The van der Waals surface area contributed by atoms with E-state index in [2.05, 4.69) is 4.98 Å². The lowest BCUT2D eigenvalue weighted by Gasteiger charge is -2.06. The summed E-state index contributed by atoms with van der Waals surface area (Å²) in [6.07, 6.45) is 0. The lowest BCUT2D eigenvalue weighted by molar-refractivity contribution is 0.352. The number of hydrogen-bond donors (Lipinski definition) is 0. The highest BCUT2D eigenvalue weighted by molar-refractivity contribution is 7.79. The molecule has 0 atom stereocenters. The van der Waals surface area contributed by atoms with Crippen LogP contribution in [-0.2, 0) is 10.4 Å². The summed E-state index contributed by atoms with van der Waals surface area (Å²) in [5.41, 5.74) is 1.77. The zero-order valence-corrected chi connectivity index (χ0v) is 8.06. The van der Waals surface area contributed by atoms with Gasteiger partial charge in [-0.15, -0.1) is 0 Å². The van der Waals surface area contributed by atoms with Gasteiger partial charge in [0, 0.05) is 22.5 Å². The smallest absolute Gasteiger partial charge is 0.385 e. The highest BCUT2D eigenvalue weighted by atomic mass is 32.3. The molecule has 0 heterocycles. The van der Waals surface area contributed by atoms with E-state index in [1.807, 2.05) is 19.1 Å². The van der Waals surface area contributed by atoms with Crippen LogP contribution >= 0.6 is 0 Å². The second-order valence-corrected chi connectivity index (χ2v) is 3.16. The topological polar surface area (TPSA) is 108 Å². The Kier molecular flexibility index (Phi) is 4.72. The van der Waals surface area contributed by atoms with Crippen molar-refractivity contribution in [1.29, 1.82) is 5.39 Å². The SMILES string of the molecule is Cc1ccc([N+]#N)cc1.O=S(=O)([O-])[O-]. The van der Waals surface area contributed by atoms with E-state index < -0.39 is 10.4 Å². The van der Waals surface area contributed by atoms with Crippen LogP contribution in [0, 0.1) is 12.3 Å². The molecular formula is C7H7N2O4S-. The average molecular weight is 215 g/mol. The van der Waals surface area contributed by atoms with Crippen LogP contribution in [0.15, 0.2) is 24.3 Å². The van der Waals surface area contributed by atoms with Gasteiger partial charge >= 0.3 is 5.69 Å². The van der Waals surface area contributed by atoms with E-state index in [-0.39, 0.29) is 0 Å². The first kappa shape index (κ1) is 12.5. The molecule has 0 unspecified atom stereocenters. The quantitative estimate of drug-likeness (QED) is 0.366. The van der Waals surface area contributed by atoms with E-state index in [0.29, 0.717) is 5.69 Å². The third kappa shape index (κ3) is 8.61. The summed E-state index contributed by atoms with van der Waals surface area (Å²) in [6, 6.07) is 7.31. The van der Waals surface area contributed by atoms with Gasteiger partial charge in [-0.1, -0.05) is 17.7 Å². The molecule has 1 aromatic carbocycles. The predicted molar refractivity (Wildman–Crippen MR) is 46.4 cm³/mol. The maximum atomic E-state index is 8.52. The van der Waals surface area contributed by atoms with Crippen molar-refractivity contribution >= 4 is 16.1 Å². The third-order valence-electron chi connectivity index (χ3n) is 1.15. The zero-order chi connectivity index (χ0) is 11.2. The van der Waals surface area contributed by atoms with Crippen LogP contribution in [0.4, 0.5) is 5.69 Å². The summed E-state index contributed by atoms with van der Waals surface area (Å²) < 4.78 is 34.1. The van der Waals surface area contributed by atoms with Crippen molar-refractivity contribution in [1.82, 2.24) is 0 Å². The van der Waals surface area contributed by atoms with E-state index in [4.69, 9.17) is 22.9 Å². The fourth-order valence-electron chi connectivity index (χ4n) is 0.611. The molecule has 0 aliphatic rings. The van der Waals surface area contributed by atoms with Crippen LogP contribution in [-0.4, -0.2) is 17.5 Å². The standard InChI is InChI=1S/C7H7N2.H2O4S/c1-6-2-4-7(9-8)5-3-6;1-5(2,3)4/h2-5H,1H3;(H2,1,2,3,4)/q+1;/p-2. The molecule has 76 valence electrons. The predicted octanol–water partition coefficient (Wildman–Crippen LogP) is 1.14. The van der Waals surface area contributed by atoms with Crippen LogP contribution in [0.5, 0.6) is 0 Å². The van der Waals surface area contributed by atoms with Crippen molar-refractivity contribution in [3.05, 3.63) is 34.8 Å². The Labute approximate surface area is 81.4 Å². The minimum atomic E-state index is -5.17. The normalized spacial score (nSPS) is 9.57. The molecule has 0 saturated heterocycles. The average Bonchev–Trinajstić information content (AvgIpc) is 2.03. The molecule has 1 rings (SSSR count). The number of rotatable bonds is 0. The Bertz CT molecular complexity index is 410. The number of benzene rings is 1. The largest absolute Gasteiger partial charge is 0.759 e. The molecule has 0 aromatic heterocycles. The fraction of sp³-hybridized carbons (Fsp3) is 0.143. The Hall–Kier alpha value is -1.49. The molecule has 7 heteroatoms. The van der Waals surface area contributed by atoms with Gasteiger partial charge in [0.05, 0.1) is 0 Å². The molecule has 1 aromatic rings. The van der Waals surface area contributed by atoms with Gasteiger partial charge in [-0.3, -0.25) is 8.42 Å². The van der Waals surface area contributed by atoms with Crippen LogP contribution < -0.4 is 0 Å². The number of hydrogen-bond acceptors (Lipinski definition) is 5. The van der Waals surface area contributed by atoms with E-state index in [0.717, 1.165) is 0 Å². The highest BCUT2D eigenvalue weighted by Gasteiger charge is 1.98. The summed E-state index contributed by atoms with van der Waals surface area (Å²) in [4.78, 5) is 3.01. The minimum absolute atomic E-state index is 0.598. The van der Waals surface area contributed by atoms with E-state index >= 15 is 0 Å². The number of nitrogens with zero attached hydrogens (tertiary/aromatic N) is 2. The van der Waals surface area contributed by atoms with Gasteiger partial charge in [0.25, 0.3) is 0 Å². The molecule has 0 fully saturated rings. The van der Waals surface area contributed by atoms with Gasteiger partial charge < -0.3 is 9.11 Å². The van der Waals surface area contributed by atoms with Crippen LogP contribution in [0.2, 0.25) is 0 Å². The van der Waals surface area contributed by atoms with E-state index in [9.17, 15) is 0 Å². The molecule has 0 aliphatic heterocycles. The molecule has 0 N–H and O–H groups in total. The first-order chi connectivity index (χ1) is 6.33. The molecule has 0 aliphatic carbocycles. The lowest BCUT2D eigenvalue weighted by Crippen LogP contribution is -1.91. The van der Waals surface area contributed by atoms with Crippen molar-refractivity contribution in [2.75, 3.05) is 0 Å². The highest BCUT2D eigenvalue weighted by Crippen LogP contribution is 2.10. The number of diazo groups is 1. The third-order valence-corrected chi connectivity index (χ3v) is 1.15. The Balaban J connectivity index is 0.000000292. The molecule has 0 spiro atoms. The zero-order valence-electron chi connectivity index (χ0n) is 7.25. The van der Waals surface area contributed by atoms with Gasteiger partial charge in [-0.05, 0) is 6.92 Å². The maximum absolute atomic E-state index is 8.52. The van der Waals surface area contributed by atoms with Crippen molar-refractivity contribution in [3.63, 3.8) is 0 Å². The lowest BCUT2D eigenvalue weighted by atomic mass is 10.2. The van der Waals surface area contributed by atoms with E-state index in [1.165, 1.54) is 5.56 Å². The van der Waals surface area contributed by atoms with Gasteiger partial charge in [0.15, 0.2) is 4.98 Å². The summed E-state index contributed by atoms with van der Waals surface area (Å²) in [5, 5.41) is 8.25. The summed E-state index contributed by atoms with van der Waals surface area (Å²) >= 11 is 0. The fourth-order valence-corrected chi connectivity index (χ4v) is 0.611. The van der Waals surface area contributed by atoms with Crippen molar-refractivity contribution < 1.29 is 17.5 Å². The Morgan fingerprint density at radius 3 is 1.86 bits per heavy atom. The van der Waals surface area contributed by atoms with Crippen molar-refractivity contribution in [3.8, 4) is 0 Å². The Morgan fingerprint density at radius 1 is 1.21 bits per heavy atom. The van der Waals surface area contributed by atoms with Crippen LogP contribution in [0.1, 0.15) is 5.56 Å². The van der Waals surface area contributed by atoms with Crippen LogP contribution in [0.3, 0.4) is 0 Å². The van der Waals surface area contributed by atoms with Crippen LogP contribution in [0.25, 0.3) is 4.98 Å². The van der Waals surface area contributed by atoms with Gasteiger partial charge in [0.1, 0.15) is 0 Å². The summed E-state index contributed by atoms with van der Waals surface area (Å²) in [5.74, 6) is 0. The van der Waals surface area contributed by atoms with Crippen molar-refractivity contribution in [2.45, 2.75) is 6.92 Å². The molecule has 6 nitrogen and oxygen atoms in total. The molecule has 0 bridgehead atoms. The molecule has 0 saturated carbocycles.